The van der Waals surface area contributed by atoms with Gasteiger partial charge in [0.2, 0.25) is 5.43 Å². The van der Waals surface area contributed by atoms with Crippen molar-refractivity contribution < 1.29 is 9.59 Å². The molecule has 0 radical (unpaired) electrons. The van der Waals surface area contributed by atoms with E-state index in [9.17, 15) is 14.4 Å². The Hall–Kier alpha value is -2.11. The van der Waals surface area contributed by atoms with Crippen molar-refractivity contribution >= 4 is 11.8 Å². The van der Waals surface area contributed by atoms with Crippen LogP contribution in [0.2, 0.25) is 0 Å². The number of amides is 2. The Balaban J connectivity index is 1.36. The molecule has 4 bridgehead atoms. The molecular weight excluding hydrogens is 450 g/mol. The quantitative estimate of drug-likeness (QED) is 0.501. The Kier molecular flexibility index (Phi) is 7.33. The molecule has 1 aliphatic heterocycles. The third-order valence-electron chi connectivity index (χ3n) is 9.99. The molecule has 0 spiro atoms. The Labute approximate surface area is 216 Å². The van der Waals surface area contributed by atoms with Crippen molar-refractivity contribution in [1.29, 1.82) is 0 Å². The molecule has 4 aliphatic carbocycles. The SMILES string of the molecule is CC[C@@H](C)n1cc(C(=O)N(C)CCC23CC4CC(CC(C4)C2)C3)c(=O)c(C(=O)N2CCCCCC2)c1. The molecule has 1 atom stereocenters. The predicted molar refractivity (Wildman–Crippen MR) is 142 cm³/mol. The van der Waals surface area contributed by atoms with E-state index >= 15 is 0 Å². The van der Waals surface area contributed by atoms with Gasteiger partial charge in [-0.3, -0.25) is 14.4 Å². The standard InChI is InChI=1S/C30H45N3O3/c1-4-21(2)33-19-25(27(34)26(20-33)29(36)32-10-7-5-6-8-11-32)28(35)31(3)12-9-30-16-22-13-23(17-30)15-24(14-22)18-30/h19-24H,4-18H2,1-3H3/t21-,22?,23?,24?,30?/m1/s1. The third kappa shape index (κ3) is 5.02. The van der Waals surface area contributed by atoms with Crippen molar-refractivity contribution in [2.75, 3.05) is 26.7 Å². The summed E-state index contributed by atoms with van der Waals surface area (Å²) in [6, 6.07) is 0.102. The summed E-state index contributed by atoms with van der Waals surface area (Å²) in [5.74, 6) is 2.21. The van der Waals surface area contributed by atoms with Gasteiger partial charge in [0.25, 0.3) is 11.8 Å². The number of carbonyl (C=O) groups is 2. The Morgan fingerprint density at radius 3 is 2.08 bits per heavy atom. The molecule has 6 nitrogen and oxygen atoms in total. The van der Waals surface area contributed by atoms with Crippen molar-refractivity contribution in [2.24, 2.45) is 23.2 Å². The lowest BCUT2D eigenvalue weighted by Gasteiger charge is -2.57. The topological polar surface area (TPSA) is 62.6 Å². The fourth-order valence-electron chi connectivity index (χ4n) is 8.12. The molecule has 5 fully saturated rings. The monoisotopic (exact) mass is 495 g/mol. The molecule has 1 aromatic rings. The number of nitrogens with zero attached hydrogens (tertiary/aromatic N) is 3. The number of pyridine rings is 1. The minimum absolute atomic E-state index is 0.102. The first-order chi connectivity index (χ1) is 17.3. The second-order valence-electron chi connectivity index (χ2n) is 12.7. The summed E-state index contributed by atoms with van der Waals surface area (Å²) in [7, 11) is 1.83. The molecule has 5 aliphatic rings. The summed E-state index contributed by atoms with van der Waals surface area (Å²) in [4.78, 5) is 44.2. The summed E-state index contributed by atoms with van der Waals surface area (Å²) in [6.07, 6.45) is 17.7. The van der Waals surface area contributed by atoms with Crippen LogP contribution in [0.1, 0.15) is 118 Å². The molecule has 6 rings (SSSR count). The van der Waals surface area contributed by atoms with E-state index in [1.807, 2.05) is 16.5 Å². The Morgan fingerprint density at radius 2 is 1.53 bits per heavy atom. The van der Waals surface area contributed by atoms with Crippen molar-refractivity contribution in [3.05, 3.63) is 33.7 Å². The molecule has 1 aromatic heterocycles. The summed E-state index contributed by atoms with van der Waals surface area (Å²) < 4.78 is 1.91. The number of hydrogen-bond donors (Lipinski definition) is 0. The van der Waals surface area contributed by atoms with Crippen molar-refractivity contribution in [3.63, 3.8) is 0 Å². The number of rotatable bonds is 7. The van der Waals surface area contributed by atoms with Gasteiger partial charge in [-0.15, -0.1) is 0 Å². The highest BCUT2D eigenvalue weighted by Gasteiger charge is 2.50. The van der Waals surface area contributed by atoms with Gasteiger partial charge in [-0.05, 0) is 94.3 Å². The minimum Gasteiger partial charge on any atom is -0.350 e. The summed E-state index contributed by atoms with van der Waals surface area (Å²) >= 11 is 0. The average Bonchev–Trinajstić information content (AvgIpc) is 3.15. The molecule has 0 N–H and O–H groups in total. The first kappa shape index (κ1) is 25.5. The molecular formula is C30H45N3O3. The van der Waals surface area contributed by atoms with Gasteiger partial charge in [-0.25, -0.2) is 0 Å². The van der Waals surface area contributed by atoms with Crippen LogP contribution in [-0.4, -0.2) is 52.9 Å². The second-order valence-corrected chi connectivity index (χ2v) is 12.7. The van der Waals surface area contributed by atoms with Crippen molar-refractivity contribution in [2.45, 2.75) is 96.9 Å². The second kappa shape index (κ2) is 10.3. The summed E-state index contributed by atoms with van der Waals surface area (Å²) in [5, 5.41) is 0. The van der Waals surface area contributed by atoms with E-state index in [1.54, 1.807) is 17.3 Å². The number of aromatic nitrogens is 1. The molecule has 0 unspecified atom stereocenters. The summed E-state index contributed by atoms with van der Waals surface area (Å²) in [6.45, 7) is 6.20. The van der Waals surface area contributed by atoms with E-state index in [0.717, 1.165) is 56.3 Å². The predicted octanol–water partition coefficient (Wildman–Crippen LogP) is 5.51. The van der Waals surface area contributed by atoms with Crippen LogP contribution in [0.15, 0.2) is 17.2 Å². The maximum absolute atomic E-state index is 13.6. The number of carbonyl (C=O) groups excluding carboxylic acids is 2. The molecule has 4 saturated carbocycles. The zero-order chi connectivity index (χ0) is 25.4. The highest BCUT2D eigenvalue weighted by molar-refractivity contribution is 5.99. The van der Waals surface area contributed by atoms with Crippen molar-refractivity contribution in [3.8, 4) is 0 Å². The zero-order valence-electron chi connectivity index (χ0n) is 22.6. The van der Waals surface area contributed by atoms with Gasteiger partial charge in [0.15, 0.2) is 0 Å². The van der Waals surface area contributed by atoms with Gasteiger partial charge in [-0.2, -0.15) is 0 Å². The van der Waals surface area contributed by atoms with Crippen LogP contribution in [0.5, 0.6) is 0 Å². The maximum atomic E-state index is 13.6. The largest absolute Gasteiger partial charge is 0.350 e. The molecule has 36 heavy (non-hydrogen) atoms. The van der Waals surface area contributed by atoms with Gasteiger partial charge in [0.05, 0.1) is 0 Å². The fraction of sp³-hybridized carbons (Fsp3) is 0.767. The highest BCUT2D eigenvalue weighted by Crippen LogP contribution is 2.61. The lowest BCUT2D eigenvalue weighted by Crippen LogP contribution is -2.47. The van der Waals surface area contributed by atoms with Gasteiger partial charge < -0.3 is 14.4 Å². The van der Waals surface area contributed by atoms with Crippen LogP contribution in [0.3, 0.4) is 0 Å². The molecule has 1 saturated heterocycles. The van der Waals surface area contributed by atoms with Crippen LogP contribution in [-0.2, 0) is 0 Å². The van der Waals surface area contributed by atoms with Crippen LogP contribution in [0.25, 0.3) is 0 Å². The lowest BCUT2D eigenvalue weighted by atomic mass is 9.49. The third-order valence-corrected chi connectivity index (χ3v) is 9.99. The molecule has 198 valence electrons. The normalized spacial score (nSPS) is 30.2. The maximum Gasteiger partial charge on any atom is 0.259 e. The smallest absolute Gasteiger partial charge is 0.259 e. The van der Waals surface area contributed by atoms with E-state index in [1.165, 1.54) is 38.5 Å². The van der Waals surface area contributed by atoms with Gasteiger partial charge >= 0.3 is 0 Å². The van der Waals surface area contributed by atoms with E-state index in [4.69, 9.17) is 0 Å². The van der Waals surface area contributed by atoms with Gasteiger partial charge in [-0.1, -0.05) is 19.8 Å². The van der Waals surface area contributed by atoms with Crippen molar-refractivity contribution in [1.82, 2.24) is 14.4 Å². The van der Waals surface area contributed by atoms with Gasteiger partial charge in [0.1, 0.15) is 11.1 Å². The summed E-state index contributed by atoms with van der Waals surface area (Å²) in [5.41, 5.74) is 0.280. The average molecular weight is 496 g/mol. The number of hydrogen-bond acceptors (Lipinski definition) is 3. The van der Waals surface area contributed by atoms with E-state index < -0.39 is 5.43 Å². The molecule has 6 heteroatoms. The zero-order valence-corrected chi connectivity index (χ0v) is 22.6. The minimum atomic E-state index is -0.407. The van der Waals surface area contributed by atoms with E-state index in [2.05, 4.69) is 13.8 Å². The first-order valence-electron chi connectivity index (χ1n) is 14.6. The molecule has 2 heterocycles. The fourth-order valence-corrected chi connectivity index (χ4v) is 8.12. The van der Waals surface area contributed by atoms with Crippen LogP contribution < -0.4 is 5.43 Å². The Morgan fingerprint density at radius 1 is 0.972 bits per heavy atom. The van der Waals surface area contributed by atoms with Crippen LogP contribution in [0, 0.1) is 23.2 Å². The molecule has 0 aromatic carbocycles. The van der Waals surface area contributed by atoms with Crippen LogP contribution in [0.4, 0.5) is 0 Å². The van der Waals surface area contributed by atoms with Gasteiger partial charge in [0, 0.05) is 45.1 Å². The molecule has 2 amide bonds. The lowest BCUT2D eigenvalue weighted by molar-refractivity contribution is -0.0593. The van der Waals surface area contributed by atoms with Crippen LogP contribution >= 0.6 is 0 Å². The first-order valence-corrected chi connectivity index (χ1v) is 14.6. The Bertz CT molecular complexity index is 1000. The van der Waals surface area contributed by atoms with E-state index in [-0.39, 0.29) is 29.0 Å². The van der Waals surface area contributed by atoms with E-state index in [0.29, 0.717) is 25.0 Å². The number of likely N-dealkylation sites (tertiary alicyclic amines) is 1. The highest BCUT2D eigenvalue weighted by atomic mass is 16.2.